The van der Waals surface area contributed by atoms with Gasteiger partial charge in [-0.25, -0.2) is 9.79 Å². The van der Waals surface area contributed by atoms with Crippen LogP contribution < -0.4 is 24.5 Å². The van der Waals surface area contributed by atoms with Crippen LogP contribution in [0.25, 0.3) is 6.08 Å². The first kappa shape index (κ1) is 29.7. The SMILES string of the molecule is COc1ccc(Br)cc1[C@H]1C(C(=O)OC(C)C)=C(C)N=c2s/c(=C\c3cc([N+](=O)[O-])ccc3N3CCOCC3)c(=O)n21. The second-order valence-corrected chi connectivity index (χ2v) is 11.9. The number of aromatic nitrogens is 1. The molecule has 0 bridgehead atoms. The number of carbonyl (C=O) groups excluding carboxylic acids is 1. The summed E-state index contributed by atoms with van der Waals surface area (Å²) < 4.78 is 19.2. The molecule has 3 heterocycles. The molecule has 1 fully saturated rings. The van der Waals surface area contributed by atoms with Crippen LogP contribution in [0.1, 0.15) is 37.9 Å². The van der Waals surface area contributed by atoms with Crippen molar-refractivity contribution in [2.45, 2.75) is 32.9 Å². The summed E-state index contributed by atoms with van der Waals surface area (Å²) in [6.07, 6.45) is 1.27. The molecule has 0 aliphatic carbocycles. The monoisotopic (exact) mass is 656 g/mol. The van der Waals surface area contributed by atoms with E-state index in [9.17, 15) is 19.7 Å². The Morgan fingerprint density at radius 2 is 1.98 bits per heavy atom. The summed E-state index contributed by atoms with van der Waals surface area (Å²) in [6.45, 7) is 7.50. The number of benzene rings is 2. The normalized spacial score (nSPS) is 17.2. The van der Waals surface area contributed by atoms with E-state index in [1.807, 2.05) is 6.07 Å². The number of hydrogen-bond acceptors (Lipinski definition) is 10. The van der Waals surface area contributed by atoms with Gasteiger partial charge in [0.1, 0.15) is 11.8 Å². The van der Waals surface area contributed by atoms with E-state index in [1.165, 1.54) is 23.8 Å². The number of fused-ring (bicyclic) bond motifs is 1. The molecule has 11 nitrogen and oxygen atoms in total. The van der Waals surface area contributed by atoms with Gasteiger partial charge in [-0.2, -0.15) is 0 Å². The van der Waals surface area contributed by atoms with E-state index in [0.29, 0.717) is 58.2 Å². The lowest BCUT2D eigenvalue weighted by Crippen LogP contribution is -2.40. The first-order valence-electron chi connectivity index (χ1n) is 13.3. The van der Waals surface area contributed by atoms with Crippen LogP contribution in [0.2, 0.25) is 0 Å². The van der Waals surface area contributed by atoms with Crippen molar-refractivity contribution >= 4 is 50.7 Å². The molecule has 0 N–H and O–H groups in total. The van der Waals surface area contributed by atoms with Crippen LogP contribution in [0.4, 0.5) is 11.4 Å². The fourth-order valence-corrected chi connectivity index (χ4v) is 6.49. The Labute approximate surface area is 253 Å². The van der Waals surface area contributed by atoms with Gasteiger partial charge in [0.25, 0.3) is 11.2 Å². The Kier molecular flexibility index (Phi) is 8.62. The number of nitro benzene ring substituents is 1. The topological polar surface area (TPSA) is 126 Å². The van der Waals surface area contributed by atoms with Crippen molar-refractivity contribution in [3.63, 3.8) is 0 Å². The third kappa shape index (κ3) is 5.76. The molecule has 2 aromatic carbocycles. The highest BCUT2D eigenvalue weighted by Gasteiger charge is 2.35. The first-order chi connectivity index (χ1) is 20.1. The lowest BCUT2D eigenvalue weighted by atomic mass is 9.95. The molecule has 0 saturated carbocycles. The van der Waals surface area contributed by atoms with Crippen LogP contribution in [0, 0.1) is 10.1 Å². The maximum absolute atomic E-state index is 14.2. The third-order valence-electron chi connectivity index (χ3n) is 6.93. The number of carbonyl (C=O) groups is 1. The molecule has 13 heteroatoms. The molecular weight excluding hydrogens is 628 g/mol. The number of esters is 1. The second-order valence-electron chi connectivity index (χ2n) is 10.0. The van der Waals surface area contributed by atoms with E-state index in [1.54, 1.807) is 45.0 Å². The summed E-state index contributed by atoms with van der Waals surface area (Å²) >= 11 is 4.66. The van der Waals surface area contributed by atoms with Gasteiger partial charge < -0.3 is 19.1 Å². The van der Waals surface area contributed by atoms with E-state index < -0.39 is 22.5 Å². The number of rotatable bonds is 7. The molecule has 1 saturated heterocycles. The molecule has 2 aliphatic heterocycles. The quantitative estimate of drug-likeness (QED) is 0.214. The van der Waals surface area contributed by atoms with Crippen LogP contribution in [0.5, 0.6) is 5.75 Å². The predicted octanol–water partition coefficient (Wildman–Crippen LogP) is 3.70. The summed E-state index contributed by atoms with van der Waals surface area (Å²) in [7, 11) is 1.52. The number of halogens is 1. The standard InChI is InChI=1S/C29H29BrN4O7S/c1-16(2)41-28(36)25-17(3)31-29-33(26(25)21-15-19(30)5-8-23(21)39-4)27(35)24(42-29)14-18-13-20(34(37)38)6-7-22(18)32-9-11-40-12-10-32/h5-8,13-16,26H,9-12H2,1-4H3/b24-14-/t26-/m0/s1. The van der Waals surface area contributed by atoms with Crippen molar-refractivity contribution in [2.24, 2.45) is 4.99 Å². The highest BCUT2D eigenvalue weighted by atomic mass is 79.9. The number of anilines is 1. The van der Waals surface area contributed by atoms with Crippen molar-refractivity contribution in [2.75, 3.05) is 38.3 Å². The zero-order valence-corrected chi connectivity index (χ0v) is 25.9. The van der Waals surface area contributed by atoms with Crippen molar-refractivity contribution in [1.82, 2.24) is 4.57 Å². The average molecular weight is 658 g/mol. The number of morpholine rings is 1. The van der Waals surface area contributed by atoms with Gasteiger partial charge in [-0.3, -0.25) is 19.5 Å². The second kappa shape index (κ2) is 12.2. The number of thiazole rings is 1. The van der Waals surface area contributed by atoms with Crippen molar-refractivity contribution < 1.29 is 23.9 Å². The fourth-order valence-electron chi connectivity index (χ4n) is 5.08. The Morgan fingerprint density at radius 1 is 1.24 bits per heavy atom. The molecule has 220 valence electrons. The zero-order chi connectivity index (χ0) is 30.1. The van der Waals surface area contributed by atoms with E-state index in [0.717, 1.165) is 21.5 Å². The summed E-state index contributed by atoms with van der Waals surface area (Å²) in [5.41, 5.74) is 2.03. The van der Waals surface area contributed by atoms with Crippen LogP contribution in [-0.4, -0.2) is 55.0 Å². The van der Waals surface area contributed by atoms with Gasteiger partial charge >= 0.3 is 5.97 Å². The largest absolute Gasteiger partial charge is 0.496 e. The van der Waals surface area contributed by atoms with Crippen LogP contribution >= 0.6 is 27.3 Å². The number of ether oxygens (including phenoxy) is 3. The fraction of sp³-hybridized carbons (Fsp3) is 0.345. The number of non-ortho nitro benzene ring substituents is 1. The van der Waals surface area contributed by atoms with Crippen molar-refractivity contribution in [3.05, 3.63) is 93.1 Å². The van der Waals surface area contributed by atoms with Crippen LogP contribution in [-0.2, 0) is 14.3 Å². The third-order valence-corrected chi connectivity index (χ3v) is 8.41. The van der Waals surface area contributed by atoms with Gasteiger partial charge in [-0.1, -0.05) is 27.3 Å². The molecule has 2 aliphatic rings. The van der Waals surface area contributed by atoms with Crippen molar-refractivity contribution in [3.8, 4) is 5.75 Å². The molecule has 1 aromatic heterocycles. The minimum atomic E-state index is -0.883. The van der Waals surface area contributed by atoms with Gasteiger partial charge in [-0.05, 0) is 51.1 Å². The number of nitrogens with zero attached hydrogens (tertiary/aromatic N) is 4. The summed E-state index contributed by atoms with van der Waals surface area (Å²) in [6, 6.07) is 9.11. The van der Waals surface area contributed by atoms with Gasteiger partial charge in [0.05, 0.1) is 47.2 Å². The van der Waals surface area contributed by atoms with E-state index >= 15 is 0 Å². The first-order valence-corrected chi connectivity index (χ1v) is 14.9. The molecule has 0 unspecified atom stereocenters. The maximum atomic E-state index is 14.2. The smallest absolute Gasteiger partial charge is 0.338 e. The Balaban J connectivity index is 1.75. The van der Waals surface area contributed by atoms with Crippen molar-refractivity contribution in [1.29, 1.82) is 0 Å². The van der Waals surface area contributed by atoms with E-state index in [4.69, 9.17) is 14.2 Å². The maximum Gasteiger partial charge on any atom is 0.338 e. The minimum absolute atomic E-state index is 0.0858. The minimum Gasteiger partial charge on any atom is -0.496 e. The summed E-state index contributed by atoms with van der Waals surface area (Å²) in [4.78, 5) is 45.9. The molecule has 0 radical (unpaired) electrons. The van der Waals surface area contributed by atoms with Gasteiger partial charge in [-0.15, -0.1) is 0 Å². The Hall–Kier alpha value is -3.81. The summed E-state index contributed by atoms with van der Waals surface area (Å²) in [5.74, 6) is -0.100. The van der Waals surface area contributed by atoms with E-state index in [-0.39, 0.29) is 17.4 Å². The molecule has 3 aromatic rings. The highest BCUT2D eigenvalue weighted by molar-refractivity contribution is 9.10. The number of allylic oxidation sites excluding steroid dienone is 1. The van der Waals surface area contributed by atoms with Crippen LogP contribution in [0.15, 0.2) is 61.9 Å². The molecule has 1 atom stereocenters. The molecule has 0 spiro atoms. The zero-order valence-electron chi connectivity index (χ0n) is 23.5. The van der Waals surface area contributed by atoms with Gasteiger partial charge in [0.2, 0.25) is 0 Å². The molecule has 5 rings (SSSR count). The molecule has 42 heavy (non-hydrogen) atoms. The number of methoxy groups -OCH3 is 1. The Bertz CT molecular complexity index is 1770. The number of hydrogen-bond donors (Lipinski definition) is 0. The molecule has 0 amide bonds. The summed E-state index contributed by atoms with van der Waals surface area (Å²) in [5, 5.41) is 11.6. The van der Waals surface area contributed by atoms with Gasteiger partial charge in [0, 0.05) is 46.5 Å². The van der Waals surface area contributed by atoms with Crippen LogP contribution in [0.3, 0.4) is 0 Å². The predicted molar refractivity (Wildman–Crippen MR) is 162 cm³/mol. The Morgan fingerprint density at radius 3 is 2.64 bits per heavy atom. The average Bonchev–Trinajstić information content (AvgIpc) is 3.26. The lowest BCUT2D eigenvalue weighted by molar-refractivity contribution is -0.384. The number of nitro groups is 1. The highest BCUT2D eigenvalue weighted by Crippen LogP contribution is 2.37. The molecular formula is C29H29BrN4O7S. The van der Waals surface area contributed by atoms with Gasteiger partial charge in [0.15, 0.2) is 4.80 Å². The lowest BCUT2D eigenvalue weighted by Gasteiger charge is -2.30. The van der Waals surface area contributed by atoms with E-state index in [2.05, 4.69) is 25.8 Å².